The number of rotatable bonds is 5. The molecule has 0 unspecified atom stereocenters. The van der Waals surface area contributed by atoms with Gasteiger partial charge in [0.2, 0.25) is 10.0 Å². The van der Waals surface area contributed by atoms with Crippen molar-refractivity contribution < 1.29 is 13.5 Å². The fourth-order valence-electron chi connectivity index (χ4n) is 1.46. The van der Waals surface area contributed by atoms with Crippen LogP contribution in [0.25, 0.3) is 0 Å². The molecule has 0 fully saturated rings. The largest absolute Gasteiger partial charge is 0.391 e. The molecule has 0 amide bonds. The molecule has 0 saturated carbocycles. The van der Waals surface area contributed by atoms with E-state index in [2.05, 4.69) is 25.8 Å². The molecule has 2 N–H and O–H groups in total. The second-order valence-electron chi connectivity index (χ2n) is 3.81. The number of aryl methyl sites for hydroxylation is 1. The molecule has 0 bridgehead atoms. The summed E-state index contributed by atoms with van der Waals surface area (Å²) in [5.74, 6) is 0. The van der Waals surface area contributed by atoms with Crippen molar-refractivity contribution in [2.75, 3.05) is 0 Å². The van der Waals surface area contributed by atoms with E-state index in [1.165, 1.54) is 17.4 Å². The molecule has 0 aliphatic carbocycles. The zero-order valence-electron chi connectivity index (χ0n) is 10.00. The minimum absolute atomic E-state index is 0.125. The monoisotopic (exact) mass is 365 g/mol. The molecule has 0 radical (unpaired) electrons. The van der Waals surface area contributed by atoms with Gasteiger partial charge < -0.3 is 5.11 Å². The number of aromatic nitrogens is 2. The average molecular weight is 366 g/mol. The topological polar surface area (TPSA) is 84.2 Å². The van der Waals surface area contributed by atoms with Gasteiger partial charge in [-0.1, -0.05) is 0 Å². The highest BCUT2D eigenvalue weighted by Crippen LogP contribution is 2.31. The highest BCUT2D eigenvalue weighted by Gasteiger charge is 2.20. The first kappa shape index (κ1) is 14.7. The lowest BCUT2D eigenvalue weighted by Crippen LogP contribution is -2.23. The molecular formula is C10H12BrN3O3S2. The number of nitrogens with one attached hydrogen (secondary N) is 1. The first-order valence-electron chi connectivity index (χ1n) is 5.29. The third kappa shape index (κ3) is 3.42. The number of halogens is 1. The van der Waals surface area contributed by atoms with E-state index in [9.17, 15) is 8.42 Å². The smallest absolute Gasteiger partial charge is 0.242 e. The maximum Gasteiger partial charge on any atom is 0.242 e. The molecule has 0 aliphatic heterocycles. The Labute approximate surface area is 123 Å². The van der Waals surface area contributed by atoms with Gasteiger partial charge in [0.25, 0.3) is 0 Å². The van der Waals surface area contributed by atoms with Crippen LogP contribution in [0.1, 0.15) is 10.6 Å². The van der Waals surface area contributed by atoms with E-state index in [1.54, 1.807) is 24.0 Å². The predicted octanol–water partition coefficient (Wildman–Crippen LogP) is 1.21. The van der Waals surface area contributed by atoms with E-state index in [-0.39, 0.29) is 18.0 Å². The lowest BCUT2D eigenvalue weighted by molar-refractivity contribution is 0.285. The first-order chi connectivity index (χ1) is 8.92. The van der Waals surface area contributed by atoms with Crippen LogP contribution in [-0.2, 0) is 30.2 Å². The maximum absolute atomic E-state index is 12.1. The predicted molar refractivity (Wildman–Crippen MR) is 75.2 cm³/mol. The molecule has 0 spiro atoms. The van der Waals surface area contributed by atoms with E-state index < -0.39 is 10.0 Å². The summed E-state index contributed by atoms with van der Waals surface area (Å²) >= 11 is 4.39. The van der Waals surface area contributed by atoms with Gasteiger partial charge in [-0.05, 0) is 28.1 Å². The van der Waals surface area contributed by atoms with Crippen LogP contribution in [0.5, 0.6) is 0 Å². The van der Waals surface area contributed by atoms with Crippen molar-refractivity contribution in [1.29, 1.82) is 0 Å². The van der Waals surface area contributed by atoms with Gasteiger partial charge in [0, 0.05) is 18.1 Å². The number of thiophene rings is 1. The number of aliphatic hydroxyl groups is 1. The Morgan fingerprint density at radius 1 is 1.58 bits per heavy atom. The van der Waals surface area contributed by atoms with Crippen LogP contribution in [0, 0.1) is 0 Å². The van der Waals surface area contributed by atoms with Crippen LogP contribution in [0.3, 0.4) is 0 Å². The third-order valence-electron chi connectivity index (χ3n) is 2.36. The Kier molecular flexibility index (Phi) is 4.41. The maximum atomic E-state index is 12.1. The summed E-state index contributed by atoms with van der Waals surface area (Å²) in [6, 6.07) is 3.19. The zero-order valence-corrected chi connectivity index (χ0v) is 13.2. The van der Waals surface area contributed by atoms with Crippen LogP contribution in [0.2, 0.25) is 0 Å². The number of nitrogens with zero attached hydrogens (tertiary/aromatic N) is 2. The summed E-state index contributed by atoms with van der Waals surface area (Å²) in [7, 11) is -1.85. The highest BCUT2D eigenvalue weighted by atomic mass is 79.9. The SMILES string of the molecule is Cn1ccc(CNS(=O)(=O)c2cc(CO)sc2Br)n1. The molecule has 2 aromatic heterocycles. The molecule has 104 valence electrons. The van der Waals surface area contributed by atoms with E-state index >= 15 is 0 Å². The molecule has 0 saturated heterocycles. The van der Waals surface area contributed by atoms with Crippen molar-refractivity contribution in [3.8, 4) is 0 Å². The molecule has 9 heteroatoms. The van der Waals surface area contributed by atoms with Crippen LogP contribution in [-0.4, -0.2) is 23.3 Å². The molecule has 2 rings (SSSR count). The van der Waals surface area contributed by atoms with Crippen molar-refractivity contribution in [2.45, 2.75) is 18.0 Å². The first-order valence-corrected chi connectivity index (χ1v) is 8.39. The van der Waals surface area contributed by atoms with Gasteiger partial charge in [0.05, 0.1) is 22.6 Å². The van der Waals surface area contributed by atoms with Crippen molar-refractivity contribution in [2.24, 2.45) is 7.05 Å². The lowest BCUT2D eigenvalue weighted by atomic mass is 10.4. The van der Waals surface area contributed by atoms with Gasteiger partial charge in [-0.15, -0.1) is 11.3 Å². The molecule has 2 heterocycles. The molecule has 2 aromatic rings. The summed E-state index contributed by atoms with van der Waals surface area (Å²) in [5.41, 5.74) is 0.639. The quantitative estimate of drug-likeness (QED) is 0.833. The zero-order chi connectivity index (χ0) is 14.0. The fourth-order valence-corrected chi connectivity index (χ4v) is 5.00. The van der Waals surface area contributed by atoms with Gasteiger partial charge in [-0.2, -0.15) is 5.10 Å². The molecule has 19 heavy (non-hydrogen) atoms. The molecule has 0 atom stereocenters. The number of hydrogen-bond acceptors (Lipinski definition) is 5. The van der Waals surface area contributed by atoms with Crippen LogP contribution < -0.4 is 4.72 Å². The van der Waals surface area contributed by atoms with Gasteiger partial charge in [0.1, 0.15) is 4.90 Å². The normalized spacial score (nSPS) is 11.9. The Bertz CT molecular complexity index is 678. The van der Waals surface area contributed by atoms with E-state index in [1.807, 2.05) is 0 Å². The fraction of sp³-hybridized carbons (Fsp3) is 0.300. The van der Waals surface area contributed by atoms with Gasteiger partial charge in [-0.25, -0.2) is 13.1 Å². The minimum Gasteiger partial charge on any atom is -0.391 e. The molecular weight excluding hydrogens is 354 g/mol. The Morgan fingerprint density at radius 3 is 2.84 bits per heavy atom. The highest BCUT2D eigenvalue weighted by molar-refractivity contribution is 9.11. The molecule has 0 aliphatic rings. The minimum atomic E-state index is -3.62. The summed E-state index contributed by atoms with van der Waals surface area (Å²) in [5, 5.41) is 13.1. The standard InChI is InChI=1S/C10H12BrN3O3S2/c1-14-3-2-7(13-14)5-12-19(16,17)9-4-8(6-15)18-10(9)11/h2-4,12,15H,5-6H2,1H3. The second kappa shape index (κ2) is 5.71. The summed E-state index contributed by atoms with van der Waals surface area (Å²) in [6.07, 6.45) is 1.74. The molecule has 0 aromatic carbocycles. The second-order valence-corrected chi connectivity index (χ2v) is 8.00. The summed E-state index contributed by atoms with van der Waals surface area (Å²) < 4.78 is 28.8. The molecule has 6 nitrogen and oxygen atoms in total. The average Bonchev–Trinajstić information content (AvgIpc) is 2.93. The van der Waals surface area contributed by atoms with E-state index in [0.717, 1.165) is 0 Å². The number of hydrogen-bond donors (Lipinski definition) is 2. The summed E-state index contributed by atoms with van der Waals surface area (Å²) in [6.45, 7) is -0.0566. The number of aliphatic hydroxyl groups excluding tert-OH is 1. The van der Waals surface area contributed by atoms with Gasteiger partial charge in [0.15, 0.2) is 0 Å². The van der Waals surface area contributed by atoms with Gasteiger partial charge in [-0.3, -0.25) is 4.68 Å². The van der Waals surface area contributed by atoms with Crippen molar-refractivity contribution in [3.63, 3.8) is 0 Å². The lowest BCUT2D eigenvalue weighted by Gasteiger charge is -2.03. The summed E-state index contributed by atoms with van der Waals surface area (Å²) in [4.78, 5) is 0.725. The van der Waals surface area contributed by atoms with E-state index in [0.29, 0.717) is 14.4 Å². The Balaban J connectivity index is 2.15. The van der Waals surface area contributed by atoms with Crippen molar-refractivity contribution in [1.82, 2.24) is 14.5 Å². The van der Waals surface area contributed by atoms with E-state index in [4.69, 9.17) is 5.11 Å². The Morgan fingerprint density at radius 2 is 2.32 bits per heavy atom. The van der Waals surface area contributed by atoms with Gasteiger partial charge >= 0.3 is 0 Å². The third-order valence-corrected chi connectivity index (χ3v) is 6.00. The Hall–Kier alpha value is -0.740. The van der Waals surface area contributed by atoms with Crippen LogP contribution in [0.15, 0.2) is 27.0 Å². The van der Waals surface area contributed by atoms with Crippen LogP contribution >= 0.6 is 27.3 Å². The van der Waals surface area contributed by atoms with Crippen LogP contribution in [0.4, 0.5) is 0 Å². The number of sulfonamides is 1. The van der Waals surface area contributed by atoms with Crippen molar-refractivity contribution >= 4 is 37.3 Å². The van der Waals surface area contributed by atoms with Crippen molar-refractivity contribution in [3.05, 3.63) is 32.7 Å².